The second-order valence-electron chi connectivity index (χ2n) is 4.43. The third-order valence-corrected chi connectivity index (χ3v) is 4.82. The first-order valence-electron chi connectivity index (χ1n) is 6.27. The standard InChI is InChI=1S/C14H22BrNOS/c1-4-13(11-6-5-7-12(15)8-11)16-10(2)14(9-17)18-3/h5-8,10,13-14,16-17H,4,9H2,1-3H3. The van der Waals surface area contributed by atoms with E-state index in [1.165, 1.54) is 5.56 Å². The quantitative estimate of drug-likeness (QED) is 0.800. The molecular weight excluding hydrogens is 310 g/mol. The first-order valence-corrected chi connectivity index (χ1v) is 8.35. The fourth-order valence-corrected chi connectivity index (χ4v) is 3.09. The number of aliphatic hydroxyl groups excluding tert-OH is 1. The largest absolute Gasteiger partial charge is 0.395 e. The van der Waals surface area contributed by atoms with Crippen LogP contribution in [0, 0.1) is 0 Å². The molecule has 4 heteroatoms. The van der Waals surface area contributed by atoms with Gasteiger partial charge in [0.2, 0.25) is 0 Å². The lowest BCUT2D eigenvalue weighted by atomic mass is 10.0. The smallest absolute Gasteiger partial charge is 0.0564 e. The van der Waals surface area contributed by atoms with E-state index in [9.17, 15) is 5.11 Å². The zero-order valence-corrected chi connectivity index (χ0v) is 13.6. The van der Waals surface area contributed by atoms with Gasteiger partial charge in [0.15, 0.2) is 0 Å². The minimum absolute atomic E-state index is 0.213. The van der Waals surface area contributed by atoms with Crippen LogP contribution in [0.4, 0.5) is 0 Å². The molecule has 0 spiro atoms. The topological polar surface area (TPSA) is 32.3 Å². The van der Waals surface area contributed by atoms with Gasteiger partial charge in [0.25, 0.3) is 0 Å². The molecule has 2 nitrogen and oxygen atoms in total. The number of nitrogens with one attached hydrogen (secondary N) is 1. The molecule has 0 aromatic heterocycles. The highest BCUT2D eigenvalue weighted by molar-refractivity contribution is 9.10. The Hall–Kier alpha value is -0.0300. The SMILES string of the molecule is CCC(NC(C)C(CO)SC)c1cccc(Br)c1. The Morgan fingerprint density at radius 2 is 2.17 bits per heavy atom. The van der Waals surface area contributed by atoms with Crippen LogP contribution in [0.3, 0.4) is 0 Å². The third kappa shape index (κ3) is 4.57. The fraction of sp³-hybridized carbons (Fsp3) is 0.571. The molecule has 3 unspecified atom stereocenters. The monoisotopic (exact) mass is 331 g/mol. The normalized spacial score (nSPS) is 16.3. The van der Waals surface area contributed by atoms with Crippen molar-refractivity contribution in [1.82, 2.24) is 5.32 Å². The maximum atomic E-state index is 9.33. The van der Waals surface area contributed by atoms with Crippen molar-refractivity contribution in [3.63, 3.8) is 0 Å². The molecule has 0 fully saturated rings. The van der Waals surface area contributed by atoms with Crippen LogP contribution < -0.4 is 5.32 Å². The van der Waals surface area contributed by atoms with Gasteiger partial charge in [-0.05, 0) is 37.3 Å². The molecule has 0 aliphatic carbocycles. The van der Waals surface area contributed by atoms with Crippen LogP contribution in [0.2, 0.25) is 0 Å². The molecule has 18 heavy (non-hydrogen) atoms. The molecule has 0 aliphatic rings. The second kappa shape index (κ2) is 8.20. The van der Waals surface area contributed by atoms with Crippen molar-refractivity contribution in [2.45, 2.75) is 37.6 Å². The molecule has 2 N–H and O–H groups in total. The van der Waals surface area contributed by atoms with E-state index in [1.54, 1.807) is 11.8 Å². The average molecular weight is 332 g/mol. The van der Waals surface area contributed by atoms with Gasteiger partial charge in [-0.15, -0.1) is 0 Å². The Bertz CT molecular complexity index is 357. The molecule has 0 aliphatic heterocycles. The zero-order valence-electron chi connectivity index (χ0n) is 11.2. The van der Waals surface area contributed by atoms with Gasteiger partial charge in [-0.3, -0.25) is 0 Å². The summed E-state index contributed by atoms with van der Waals surface area (Å²) < 4.78 is 1.11. The van der Waals surface area contributed by atoms with E-state index in [-0.39, 0.29) is 17.9 Å². The molecule has 102 valence electrons. The molecule has 0 radical (unpaired) electrons. The van der Waals surface area contributed by atoms with Crippen LogP contribution in [0.5, 0.6) is 0 Å². The van der Waals surface area contributed by atoms with Crippen LogP contribution in [-0.4, -0.2) is 29.3 Å². The summed E-state index contributed by atoms with van der Waals surface area (Å²) in [6.45, 7) is 4.53. The number of hydrogen-bond acceptors (Lipinski definition) is 3. The van der Waals surface area contributed by atoms with E-state index in [1.807, 2.05) is 12.3 Å². The summed E-state index contributed by atoms with van der Waals surface area (Å²) in [7, 11) is 0. The van der Waals surface area contributed by atoms with Crippen LogP contribution in [0.1, 0.15) is 31.9 Å². The lowest BCUT2D eigenvalue weighted by molar-refractivity contribution is 0.269. The summed E-state index contributed by atoms with van der Waals surface area (Å²) in [5.41, 5.74) is 1.29. The van der Waals surface area contributed by atoms with Crippen LogP contribution in [0.15, 0.2) is 28.7 Å². The van der Waals surface area contributed by atoms with Crippen molar-refractivity contribution < 1.29 is 5.11 Å². The Balaban J connectivity index is 2.72. The molecule has 1 aromatic carbocycles. The summed E-state index contributed by atoms with van der Waals surface area (Å²) >= 11 is 5.22. The molecule has 1 aromatic rings. The van der Waals surface area contributed by atoms with Crippen molar-refractivity contribution in [2.75, 3.05) is 12.9 Å². The molecule has 0 heterocycles. The number of rotatable bonds is 7. The van der Waals surface area contributed by atoms with Gasteiger partial charge in [-0.2, -0.15) is 11.8 Å². The lowest BCUT2D eigenvalue weighted by Gasteiger charge is -2.27. The summed E-state index contributed by atoms with van der Waals surface area (Å²) in [6.07, 6.45) is 3.08. The van der Waals surface area contributed by atoms with Gasteiger partial charge in [0, 0.05) is 21.8 Å². The van der Waals surface area contributed by atoms with Gasteiger partial charge < -0.3 is 10.4 Å². The first-order chi connectivity index (χ1) is 8.62. The van der Waals surface area contributed by atoms with Crippen molar-refractivity contribution >= 4 is 27.7 Å². The maximum Gasteiger partial charge on any atom is 0.0564 e. The van der Waals surface area contributed by atoms with Gasteiger partial charge in [0.1, 0.15) is 0 Å². The molecule has 0 saturated carbocycles. The number of benzene rings is 1. The van der Waals surface area contributed by atoms with E-state index < -0.39 is 0 Å². The molecule has 1 rings (SSSR count). The third-order valence-electron chi connectivity index (χ3n) is 3.16. The second-order valence-corrected chi connectivity index (χ2v) is 6.42. The van der Waals surface area contributed by atoms with E-state index in [0.717, 1.165) is 10.9 Å². The number of halogens is 1. The lowest BCUT2D eigenvalue weighted by Crippen LogP contribution is -2.39. The van der Waals surface area contributed by atoms with Crippen molar-refractivity contribution in [1.29, 1.82) is 0 Å². The fourth-order valence-electron chi connectivity index (χ4n) is 2.03. The van der Waals surface area contributed by atoms with E-state index in [0.29, 0.717) is 6.04 Å². The first kappa shape index (κ1) is 16.0. The predicted molar refractivity (Wildman–Crippen MR) is 84.2 cm³/mol. The van der Waals surface area contributed by atoms with Crippen molar-refractivity contribution in [2.24, 2.45) is 0 Å². The minimum atomic E-state index is 0.213. The van der Waals surface area contributed by atoms with Gasteiger partial charge in [-0.25, -0.2) is 0 Å². The number of thioether (sulfide) groups is 1. The summed E-state index contributed by atoms with van der Waals surface area (Å²) in [5, 5.41) is 13.2. The summed E-state index contributed by atoms with van der Waals surface area (Å²) in [4.78, 5) is 0. The Morgan fingerprint density at radius 1 is 1.44 bits per heavy atom. The summed E-state index contributed by atoms with van der Waals surface area (Å²) in [6, 6.07) is 9.02. The minimum Gasteiger partial charge on any atom is -0.395 e. The van der Waals surface area contributed by atoms with Crippen molar-refractivity contribution in [3.05, 3.63) is 34.3 Å². The molecule has 3 atom stereocenters. The summed E-state index contributed by atoms with van der Waals surface area (Å²) in [5.74, 6) is 0. The van der Waals surface area contributed by atoms with Gasteiger partial charge >= 0.3 is 0 Å². The Morgan fingerprint density at radius 3 is 2.67 bits per heavy atom. The number of hydrogen-bond donors (Lipinski definition) is 2. The Kier molecular flexibility index (Phi) is 7.30. The maximum absolute atomic E-state index is 9.33. The molecule has 0 saturated heterocycles. The van der Waals surface area contributed by atoms with E-state index >= 15 is 0 Å². The highest BCUT2D eigenvalue weighted by Crippen LogP contribution is 2.22. The van der Waals surface area contributed by atoms with Gasteiger partial charge in [-0.1, -0.05) is 35.0 Å². The molecular formula is C14H22BrNOS. The van der Waals surface area contributed by atoms with Crippen molar-refractivity contribution in [3.8, 4) is 0 Å². The Labute approximate surface area is 123 Å². The molecule has 0 bridgehead atoms. The van der Waals surface area contributed by atoms with E-state index in [2.05, 4.69) is 53.3 Å². The van der Waals surface area contributed by atoms with E-state index in [4.69, 9.17) is 0 Å². The van der Waals surface area contributed by atoms with Crippen LogP contribution in [0.25, 0.3) is 0 Å². The number of aliphatic hydroxyl groups is 1. The highest BCUT2D eigenvalue weighted by Gasteiger charge is 2.19. The van der Waals surface area contributed by atoms with Crippen LogP contribution in [-0.2, 0) is 0 Å². The predicted octanol–water partition coefficient (Wildman–Crippen LogP) is 3.60. The van der Waals surface area contributed by atoms with Crippen LogP contribution >= 0.6 is 27.7 Å². The zero-order chi connectivity index (χ0) is 13.5. The highest BCUT2D eigenvalue weighted by atomic mass is 79.9. The molecule has 0 amide bonds. The van der Waals surface area contributed by atoms with Gasteiger partial charge in [0.05, 0.1) is 6.61 Å². The average Bonchev–Trinajstić information content (AvgIpc) is 2.37.